The van der Waals surface area contributed by atoms with Gasteiger partial charge in [-0.3, -0.25) is 0 Å². The molecule has 30 heavy (non-hydrogen) atoms. The van der Waals surface area contributed by atoms with Crippen LogP contribution in [0.25, 0.3) is 0 Å². The Morgan fingerprint density at radius 3 is 1.57 bits per heavy atom. The van der Waals surface area contributed by atoms with Crippen LogP contribution in [0.2, 0.25) is 0 Å². The van der Waals surface area contributed by atoms with E-state index in [0.29, 0.717) is 38.3 Å². The molecule has 1 saturated heterocycles. The Morgan fingerprint density at radius 1 is 0.667 bits per heavy atom. The minimum atomic E-state index is -0.347. The number of benzene rings is 2. The summed E-state index contributed by atoms with van der Waals surface area (Å²) in [7, 11) is 0. The van der Waals surface area contributed by atoms with Gasteiger partial charge in [-0.05, 0) is 47.9 Å². The van der Waals surface area contributed by atoms with Crippen molar-refractivity contribution in [3.8, 4) is 11.5 Å². The third kappa shape index (κ3) is 4.50. The minimum Gasteiger partial charge on any atom is -0.493 e. The molecule has 0 amide bonds. The lowest BCUT2D eigenvalue weighted by Crippen LogP contribution is -2.23. The molecule has 0 N–H and O–H groups in total. The highest BCUT2D eigenvalue weighted by Gasteiger charge is 2.35. The SMILES string of the molecule is CC(C)c1ccc2c(c1)C(C1OCCO1)c1cc(C(C)C)ccc1OCCCCO2. The van der Waals surface area contributed by atoms with Crippen molar-refractivity contribution in [2.75, 3.05) is 26.4 Å². The van der Waals surface area contributed by atoms with E-state index in [4.69, 9.17) is 18.9 Å². The molecule has 1 fully saturated rings. The summed E-state index contributed by atoms with van der Waals surface area (Å²) < 4.78 is 24.7. The molecule has 2 heterocycles. The quantitative estimate of drug-likeness (QED) is 0.623. The van der Waals surface area contributed by atoms with E-state index in [-0.39, 0.29) is 12.2 Å². The molecule has 0 spiro atoms. The highest BCUT2D eigenvalue weighted by atomic mass is 16.7. The lowest BCUT2D eigenvalue weighted by atomic mass is 9.85. The highest BCUT2D eigenvalue weighted by molar-refractivity contribution is 5.51. The van der Waals surface area contributed by atoms with E-state index in [9.17, 15) is 0 Å². The number of hydrogen-bond donors (Lipinski definition) is 0. The van der Waals surface area contributed by atoms with Crippen molar-refractivity contribution >= 4 is 0 Å². The van der Waals surface area contributed by atoms with Crippen LogP contribution in [-0.4, -0.2) is 32.7 Å². The van der Waals surface area contributed by atoms with Gasteiger partial charge >= 0.3 is 0 Å². The zero-order chi connectivity index (χ0) is 21.1. The fraction of sp³-hybridized carbons (Fsp3) is 0.538. The molecule has 4 nitrogen and oxygen atoms in total. The second-order valence-electron chi connectivity index (χ2n) is 8.90. The van der Waals surface area contributed by atoms with Gasteiger partial charge in [-0.15, -0.1) is 0 Å². The number of fused-ring (bicyclic) bond motifs is 2. The Hall–Kier alpha value is -2.04. The van der Waals surface area contributed by atoms with Crippen LogP contribution in [0.4, 0.5) is 0 Å². The molecule has 0 aliphatic carbocycles. The Balaban J connectivity index is 1.92. The van der Waals surface area contributed by atoms with Gasteiger partial charge in [0.15, 0.2) is 6.29 Å². The molecule has 0 saturated carbocycles. The lowest BCUT2D eigenvalue weighted by Gasteiger charge is -2.28. The van der Waals surface area contributed by atoms with Crippen molar-refractivity contribution in [3.05, 3.63) is 58.7 Å². The van der Waals surface area contributed by atoms with E-state index >= 15 is 0 Å². The normalized spacial score (nSPS) is 18.5. The van der Waals surface area contributed by atoms with Gasteiger partial charge in [-0.1, -0.05) is 52.0 Å². The van der Waals surface area contributed by atoms with E-state index in [1.54, 1.807) is 0 Å². The monoisotopic (exact) mass is 410 g/mol. The molecule has 2 aromatic rings. The summed E-state index contributed by atoms with van der Waals surface area (Å²) in [6.45, 7) is 11.5. The van der Waals surface area contributed by atoms with Crippen LogP contribution in [0, 0.1) is 0 Å². The van der Waals surface area contributed by atoms with Gasteiger partial charge in [-0.2, -0.15) is 0 Å². The van der Waals surface area contributed by atoms with Gasteiger partial charge in [0, 0.05) is 11.1 Å². The van der Waals surface area contributed by atoms with Gasteiger partial charge < -0.3 is 18.9 Å². The van der Waals surface area contributed by atoms with Crippen LogP contribution in [-0.2, 0) is 9.47 Å². The van der Waals surface area contributed by atoms with Gasteiger partial charge in [0.1, 0.15) is 11.5 Å². The summed E-state index contributed by atoms with van der Waals surface area (Å²) >= 11 is 0. The molecule has 2 aliphatic heterocycles. The van der Waals surface area contributed by atoms with Crippen molar-refractivity contribution in [1.82, 2.24) is 0 Å². The van der Waals surface area contributed by atoms with Crippen LogP contribution in [0.3, 0.4) is 0 Å². The molecular weight excluding hydrogens is 376 g/mol. The number of ether oxygens (including phenoxy) is 4. The first-order valence-corrected chi connectivity index (χ1v) is 11.3. The largest absolute Gasteiger partial charge is 0.493 e. The predicted octanol–water partition coefficient (Wildman–Crippen LogP) is 5.99. The van der Waals surface area contributed by atoms with Crippen molar-refractivity contribution in [2.24, 2.45) is 0 Å². The van der Waals surface area contributed by atoms with Gasteiger partial charge in [0.25, 0.3) is 0 Å². The standard InChI is InChI=1S/C26H34O4/c1-17(2)19-7-9-23-21(15-19)25(26-29-13-14-30-26)22-16-20(18(3)4)8-10-24(22)28-12-6-5-11-27-23/h7-10,15-18,25-26H,5-6,11-14H2,1-4H3. The van der Waals surface area contributed by atoms with Crippen LogP contribution in [0.1, 0.15) is 80.5 Å². The summed E-state index contributed by atoms with van der Waals surface area (Å²) in [6.07, 6.45) is 1.58. The maximum Gasteiger partial charge on any atom is 0.168 e. The molecule has 0 atom stereocenters. The smallest absolute Gasteiger partial charge is 0.168 e. The predicted molar refractivity (Wildman–Crippen MR) is 119 cm³/mol. The minimum absolute atomic E-state index is 0.104. The van der Waals surface area contributed by atoms with Gasteiger partial charge in [-0.25, -0.2) is 0 Å². The van der Waals surface area contributed by atoms with Crippen molar-refractivity contribution in [1.29, 1.82) is 0 Å². The fourth-order valence-corrected chi connectivity index (χ4v) is 4.20. The third-order valence-corrected chi connectivity index (χ3v) is 6.04. The van der Waals surface area contributed by atoms with Crippen LogP contribution >= 0.6 is 0 Å². The topological polar surface area (TPSA) is 36.9 Å². The molecule has 0 bridgehead atoms. The first kappa shape index (κ1) is 21.2. The van der Waals surface area contributed by atoms with E-state index in [1.807, 2.05) is 0 Å². The van der Waals surface area contributed by atoms with E-state index in [2.05, 4.69) is 64.1 Å². The van der Waals surface area contributed by atoms with E-state index < -0.39 is 0 Å². The van der Waals surface area contributed by atoms with Gasteiger partial charge in [0.05, 0.1) is 32.3 Å². The maximum absolute atomic E-state index is 6.27. The molecule has 0 aromatic heterocycles. The zero-order valence-electron chi connectivity index (χ0n) is 18.6. The van der Waals surface area contributed by atoms with Gasteiger partial charge in [0.2, 0.25) is 0 Å². The molecular formula is C26H34O4. The summed E-state index contributed by atoms with van der Waals surface area (Å²) in [6, 6.07) is 13.2. The van der Waals surface area contributed by atoms with Crippen LogP contribution in [0.5, 0.6) is 11.5 Å². The maximum atomic E-state index is 6.27. The Kier molecular flexibility index (Phi) is 6.64. The summed E-state index contributed by atoms with van der Waals surface area (Å²) in [5, 5.41) is 0. The molecule has 0 radical (unpaired) electrons. The number of hydrogen-bond acceptors (Lipinski definition) is 4. The molecule has 2 aromatic carbocycles. The molecule has 4 rings (SSSR count). The second kappa shape index (κ2) is 9.40. The van der Waals surface area contributed by atoms with Crippen molar-refractivity contribution in [3.63, 3.8) is 0 Å². The average Bonchev–Trinajstić information content (AvgIpc) is 3.25. The molecule has 2 aliphatic rings. The number of rotatable bonds is 3. The average molecular weight is 411 g/mol. The summed E-state index contributed by atoms with van der Waals surface area (Å²) in [4.78, 5) is 0. The molecule has 162 valence electrons. The van der Waals surface area contributed by atoms with Crippen LogP contribution in [0.15, 0.2) is 36.4 Å². The fourth-order valence-electron chi connectivity index (χ4n) is 4.20. The molecule has 4 heteroatoms. The Bertz CT molecular complexity index is 789. The molecule has 0 unspecified atom stereocenters. The van der Waals surface area contributed by atoms with E-state index in [0.717, 1.165) is 35.5 Å². The highest BCUT2D eigenvalue weighted by Crippen LogP contribution is 2.43. The first-order chi connectivity index (χ1) is 14.5. The van der Waals surface area contributed by atoms with E-state index in [1.165, 1.54) is 11.1 Å². The Labute approximate surface area is 180 Å². The van der Waals surface area contributed by atoms with Crippen LogP contribution < -0.4 is 9.47 Å². The second-order valence-corrected chi connectivity index (χ2v) is 8.90. The Morgan fingerprint density at radius 2 is 1.13 bits per heavy atom. The lowest BCUT2D eigenvalue weighted by molar-refractivity contribution is -0.0531. The summed E-state index contributed by atoms with van der Waals surface area (Å²) in [5.74, 6) is 2.60. The first-order valence-electron chi connectivity index (χ1n) is 11.3. The van der Waals surface area contributed by atoms with Crippen molar-refractivity contribution < 1.29 is 18.9 Å². The zero-order valence-corrected chi connectivity index (χ0v) is 18.6. The van der Waals surface area contributed by atoms with Crippen molar-refractivity contribution in [2.45, 2.75) is 64.6 Å². The third-order valence-electron chi connectivity index (χ3n) is 6.04. The summed E-state index contributed by atoms with van der Waals surface area (Å²) in [5.41, 5.74) is 4.83.